The maximum atomic E-state index is 12.1. The largest absolute Gasteiger partial charge is 0.457 e. The van der Waals surface area contributed by atoms with E-state index in [2.05, 4.69) is 98.9 Å². The van der Waals surface area contributed by atoms with E-state index in [0.717, 1.165) is 64.2 Å². The SMILES string of the molecule is CC/C=C\C/C=C\C/C=C\C/C=C\C/C=C\CC(=O)OC(CO)COCCCCCCCCCC/C=C\C/C=C\C/C=C\CC. The van der Waals surface area contributed by atoms with Crippen LogP contribution in [0.25, 0.3) is 0 Å². The normalized spacial score (nSPS) is 13.6. The molecule has 4 heteroatoms. The van der Waals surface area contributed by atoms with Gasteiger partial charge in [-0.3, -0.25) is 4.79 Å². The predicted molar refractivity (Wildman–Crippen MR) is 195 cm³/mol. The van der Waals surface area contributed by atoms with Crippen LogP contribution in [0.5, 0.6) is 0 Å². The summed E-state index contributed by atoms with van der Waals surface area (Å²) in [4.78, 5) is 12.1. The Morgan fingerprint density at radius 2 is 0.933 bits per heavy atom. The van der Waals surface area contributed by atoms with E-state index >= 15 is 0 Å². The highest BCUT2D eigenvalue weighted by molar-refractivity contribution is 5.71. The first-order chi connectivity index (χ1) is 22.2. The third-order valence-corrected chi connectivity index (χ3v) is 6.94. The Morgan fingerprint density at radius 1 is 0.533 bits per heavy atom. The average molecular weight is 623 g/mol. The van der Waals surface area contributed by atoms with E-state index < -0.39 is 6.10 Å². The fraction of sp³-hybridized carbons (Fsp3) is 0.585. The summed E-state index contributed by atoms with van der Waals surface area (Å²) in [5.41, 5.74) is 0. The molecule has 4 nitrogen and oxygen atoms in total. The molecule has 254 valence electrons. The van der Waals surface area contributed by atoms with Crippen molar-refractivity contribution in [1.29, 1.82) is 0 Å². The third-order valence-electron chi connectivity index (χ3n) is 6.94. The quantitative estimate of drug-likeness (QED) is 0.0475. The molecule has 45 heavy (non-hydrogen) atoms. The van der Waals surface area contributed by atoms with Crippen LogP contribution in [0.4, 0.5) is 0 Å². The molecule has 0 aliphatic carbocycles. The van der Waals surface area contributed by atoms with Gasteiger partial charge < -0.3 is 14.6 Å². The van der Waals surface area contributed by atoms with Crippen LogP contribution in [0.3, 0.4) is 0 Å². The maximum Gasteiger partial charge on any atom is 0.310 e. The van der Waals surface area contributed by atoms with Gasteiger partial charge in [0.25, 0.3) is 0 Å². The van der Waals surface area contributed by atoms with Gasteiger partial charge in [-0.15, -0.1) is 0 Å². The predicted octanol–water partition coefficient (Wildman–Crippen LogP) is 11.4. The Hall–Kier alpha value is -2.69. The zero-order valence-electron chi connectivity index (χ0n) is 28.8. The monoisotopic (exact) mass is 622 g/mol. The van der Waals surface area contributed by atoms with Gasteiger partial charge >= 0.3 is 5.97 Å². The number of unbranched alkanes of at least 4 members (excludes halogenated alkanes) is 8. The van der Waals surface area contributed by atoms with Gasteiger partial charge in [0.05, 0.1) is 19.6 Å². The summed E-state index contributed by atoms with van der Waals surface area (Å²) in [5.74, 6) is -0.335. The second-order valence-electron chi connectivity index (χ2n) is 11.2. The van der Waals surface area contributed by atoms with Crippen LogP contribution in [0, 0.1) is 0 Å². The Labute approximate surface area is 277 Å². The van der Waals surface area contributed by atoms with Crippen molar-refractivity contribution in [3.05, 3.63) is 97.2 Å². The van der Waals surface area contributed by atoms with Gasteiger partial charge in [-0.05, 0) is 70.6 Å². The molecular weight excluding hydrogens is 556 g/mol. The fourth-order valence-electron chi connectivity index (χ4n) is 4.36. The molecule has 1 atom stereocenters. The number of aliphatic hydroxyl groups is 1. The molecule has 0 aromatic rings. The number of hydrogen-bond donors (Lipinski definition) is 1. The molecule has 0 saturated carbocycles. The van der Waals surface area contributed by atoms with E-state index in [4.69, 9.17) is 9.47 Å². The molecule has 0 aromatic heterocycles. The molecule has 0 spiro atoms. The molecule has 0 fully saturated rings. The minimum Gasteiger partial charge on any atom is -0.457 e. The van der Waals surface area contributed by atoms with Crippen LogP contribution in [0.1, 0.15) is 129 Å². The fourth-order valence-corrected chi connectivity index (χ4v) is 4.36. The van der Waals surface area contributed by atoms with Crippen LogP contribution in [-0.4, -0.2) is 37.0 Å². The number of hydrogen-bond acceptors (Lipinski definition) is 4. The van der Waals surface area contributed by atoms with Crippen LogP contribution >= 0.6 is 0 Å². The van der Waals surface area contributed by atoms with E-state index in [1.807, 2.05) is 12.2 Å². The lowest BCUT2D eigenvalue weighted by atomic mass is 10.1. The highest BCUT2D eigenvalue weighted by Gasteiger charge is 2.12. The van der Waals surface area contributed by atoms with Crippen molar-refractivity contribution in [2.75, 3.05) is 19.8 Å². The molecule has 0 aliphatic rings. The van der Waals surface area contributed by atoms with Crippen LogP contribution in [0.2, 0.25) is 0 Å². The van der Waals surface area contributed by atoms with Crippen molar-refractivity contribution in [3.63, 3.8) is 0 Å². The van der Waals surface area contributed by atoms with Gasteiger partial charge in [0.1, 0.15) is 6.10 Å². The number of ether oxygens (including phenoxy) is 2. The maximum absolute atomic E-state index is 12.1. The third kappa shape index (κ3) is 35.7. The van der Waals surface area contributed by atoms with Crippen molar-refractivity contribution >= 4 is 5.97 Å². The minimum absolute atomic E-state index is 0.204. The number of carbonyl (C=O) groups is 1. The lowest BCUT2D eigenvalue weighted by Gasteiger charge is -2.15. The van der Waals surface area contributed by atoms with Gasteiger partial charge in [-0.25, -0.2) is 0 Å². The van der Waals surface area contributed by atoms with E-state index in [9.17, 15) is 9.90 Å². The topological polar surface area (TPSA) is 55.8 Å². The number of allylic oxidation sites excluding steroid dienone is 15. The summed E-state index contributed by atoms with van der Waals surface area (Å²) in [6, 6.07) is 0. The Bertz CT molecular complexity index is 872. The van der Waals surface area contributed by atoms with Gasteiger partial charge in [0, 0.05) is 6.61 Å². The molecule has 0 radical (unpaired) electrons. The summed E-state index contributed by atoms with van der Waals surface area (Å²) < 4.78 is 11.0. The zero-order chi connectivity index (χ0) is 32.7. The first kappa shape index (κ1) is 42.3. The Morgan fingerprint density at radius 3 is 1.40 bits per heavy atom. The Kier molecular flexibility index (Phi) is 35.3. The minimum atomic E-state index is -0.598. The molecule has 0 amide bonds. The van der Waals surface area contributed by atoms with Gasteiger partial charge in [-0.1, -0.05) is 150 Å². The highest BCUT2D eigenvalue weighted by atomic mass is 16.6. The van der Waals surface area contributed by atoms with E-state index in [1.165, 1.54) is 44.9 Å². The average Bonchev–Trinajstić information content (AvgIpc) is 3.05. The summed E-state index contributed by atoms with van der Waals surface area (Å²) in [6.07, 6.45) is 53.3. The second kappa shape index (κ2) is 37.5. The number of rotatable bonds is 31. The summed E-state index contributed by atoms with van der Waals surface area (Å²) in [6.45, 7) is 4.97. The van der Waals surface area contributed by atoms with E-state index in [0.29, 0.717) is 6.61 Å². The molecule has 1 N–H and O–H groups in total. The van der Waals surface area contributed by atoms with Crippen molar-refractivity contribution in [3.8, 4) is 0 Å². The molecule has 1 unspecified atom stereocenters. The molecule has 0 aliphatic heterocycles. The molecule has 0 bridgehead atoms. The molecule has 0 rings (SSSR count). The summed E-state index contributed by atoms with van der Waals surface area (Å²) >= 11 is 0. The van der Waals surface area contributed by atoms with Crippen molar-refractivity contribution in [1.82, 2.24) is 0 Å². The number of aliphatic hydroxyl groups excluding tert-OH is 1. The van der Waals surface area contributed by atoms with Crippen molar-refractivity contribution in [2.24, 2.45) is 0 Å². The van der Waals surface area contributed by atoms with Crippen molar-refractivity contribution < 1.29 is 19.4 Å². The molecule has 0 saturated heterocycles. The molecular formula is C41H66O4. The van der Waals surface area contributed by atoms with Crippen molar-refractivity contribution in [2.45, 2.75) is 136 Å². The van der Waals surface area contributed by atoms with Gasteiger partial charge in [0.15, 0.2) is 0 Å². The standard InChI is InChI=1S/C41H66O4/c1-3-5-7-9-11-13-15-17-19-20-21-23-25-27-29-31-33-35-37-44-39-40(38-42)45-41(43)36-34-32-30-28-26-24-22-18-16-14-12-10-8-6-4-2/h5-8,11-14,17-19,22,26,28,32,34,40,42H,3-4,9-10,15-16,20-21,23-25,27,29-31,33,35-39H2,1-2H3/b7-5-,8-6-,13-11-,14-12-,19-17-,22-18-,28-26-,34-32-. The first-order valence-corrected chi connectivity index (χ1v) is 17.8. The zero-order valence-corrected chi connectivity index (χ0v) is 28.8. The first-order valence-electron chi connectivity index (χ1n) is 17.8. The number of esters is 1. The lowest BCUT2D eigenvalue weighted by Crippen LogP contribution is -2.27. The Balaban J connectivity index is 3.62. The van der Waals surface area contributed by atoms with E-state index in [1.54, 1.807) is 0 Å². The van der Waals surface area contributed by atoms with E-state index in [-0.39, 0.29) is 25.6 Å². The summed E-state index contributed by atoms with van der Waals surface area (Å²) in [5, 5.41) is 9.53. The van der Waals surface area contributed by atoms with Gasteiger partial charge in [-0.2, -0.15) is 0 Å². The summed E-state index contributed by atoms with van der Waals surface area (Å²) in [7, 11) is 0. The van der Waals surface area contributed by atoms with Gasteiger partial charge in [0.2, 0.25) is 0 Å². The second-order valence-corrected chi connectivity index (χ2v) is 11.2. The van der Waals surface area contributed by atoms with Crippen LogP contribution < -0.4 is 0 Å². The number of carbonyl (C=O) groups excluding carboxylic acids is 1. The molecule has 0 heterocycles. The smallest absolute Gasteiger partial charge is 0.310 e. The molecule has 0 aromatic carbocycles. The highest BCUT2D eigenvalue weighted by Crippen LogP contribution is 2.10. The van der Waals surface area contributed by atoms with Crippen LogP contribution in [-0.2, 0) is 14.3 Å². The lowest BCUT2D eigenvalue weighted by molar-refractivity contribution is -0.153. The van der Waals surface area contributed by atoms with Crippen LogP contribution in [0.15, 0.2) is 97.2 Å².